The Hall–Kier alpha value is -1.01. The van der Waals surface area contributed by atoms with Crippen molar-refractivity contribution in [2.45, 2.75) is 38.3 Å². The van der Waals surface area contributed by atoms with E-state index in [0.717, 1.165) is 24.2 Å². The van der Waals surface area contributed by atoms with Gasteiger partial charge in [-0.2, -0.15) is 13.9 Å². The van der Waals surface area contributed by atoms with Gasteiger partial charge in [-0.3, -0.25) is 4.68 Å². The summed E-state index contributed by atoms with van der Waals surface area (Å²) >= 11 is 0. The standard InChI is InChI=1S/C13H20F2N4/c1-18-5-3-11-10(8-18)12-13(14,15)4-2-9(6-16)7-19(12)17-11/h9H,2-8,16H2,1H3. The molecule has 0 aromatic carbocycles. The molecule has 106 valence electrons. The van der Waals surface area contributed by atoms with Gasteiger partial charge in [0.05, 0.1) is 5.69 Å². The molecule has 6 heteroatoms. The van der Waals surface area contributed by atoms with Gasteiger partial charge in [-0.05, 0) is 25.9 Å². The van der Waals surface area contributed by atoms with Gasteiger partial charge in [0, 0.05) is 38.0 Å². The van der Waals surface area contributed by atoms with E-state index in [1.165, 1.54) is 4.68 Å². The molecule has 0 fully saturated rings. The number of hydrogen-bond donors (Lipinski definition) is 1. The Balaban J connectivity index is 2.07. The van der Waals surface area contributed by atoms with E-state index in [-0.39, 0.29) is 18.0 Å². The molecule has 4 nitrogen and oxygen atoms in total. The third kappa shape index (κ3) is 2.17. The summed E-state index contributed by atoms with van der Waals surface area (Å²) in [6.45, 7) is 2.43. The highest BCUT2D eigenvalue weighted by Gasteiger charge is 2.42. The summed E-state index contributed by atoms with van der Waals surface area (Å²) in [5.41, 5.74) is 7.41. The fraction of sp³-hybridized carbons (Fsp3) is 0.769. The largest absolute Gasteiger partial charge is 0.330 e. The maximum Gasteiger partial charge on any atom is 0.289 e. The number of aromatic nitrogens is 2. The molecule has 2 N–H and O–H groups in total. The van der Waals surface area contributed by atoms with Gasteiger partial charge in [0.25, 0.3) is 5.92 Å². The molecule has 0 amide bonds. The van der Waals surface area contributed by atoms with Crippen LogP contribution >= 0.6 is 0 Å². The van der Waals surface area contributed by atoms with Gasteiger partial charge in [-0.25, -0.2) is 0 Å². The number of hydrogen-bond acceptors (Lipinski definition) is 3. The number of halogens is 2. The van der Waals surface area contributed by atoms with E-state index in [4.69, 9.17) is 5.73 Å². The van der Waals surface area contributed by atoms with Crippen LogP contribution in [0.2, 0.25) is 0 Å². The molecule has 0 saturated heterocycles. The van der Waals surface area contributed by atoms with E-state index < -0.39 is 5.92 Å². The summed E-state index contributed by atoms with van der Waals surface area (Å²) in [6, 6.07) is 0. The molecular formula is C13H20F2N4. The fourth-order valence-corrected chi connectivity index (χ4v) is 3.14. The lowest BCUT2D eigenvalue weighted by atomic mass is 9.98. The lowest BCUT2D eigenvalue weighted by molar-refractivity contribution is -0.0217. The minimum absolute atomic E-state index is 0.103. The molecular weight excluding hydrogens is 250 g/mol. The number of nitrogens with zero attached hydrogens (tertiary/aromatic N) is 3. The zero-order valence-electron chi connectivity index (χ0n) is 11.2. The molecule has 3 heterocycles. The second-order valence-electron chi connectivity index (χ2n) is 5.79. The first-order valence-electron chi connectivity index (χ1n) is 6.86. The van der Waals surface area contributed by atoms with Crippen LogP contribution in [-0.4, -0.2) is 34.8 Å². The molecule has 0 bridgehead atoms. The van der Waals surface area contributed by atoms with E-state index in [2.05, 4.69) is 10.00 Å². The van der Waals surface area contributed by atoms with Crippen molar-refractivity contribution in [2.24, 2.45) is 11.7 Å². The van der Waals surface area contributed by atoms with Crippen molar-refractivity contribution in [3.8, 4) is 0 Å². The minimum atomic E-state index is -2.78. The molecule has 2 aliphatic heterocycles. The number of nitrogens with two attached hydrogens (primary N) is 1. The second-order valence-corrected chi connectivity index (χ2v) is 5.79. The highest BCUT2D eigenvalue weighted by atomic mass is 19.3. The predicted octanol–water partition coefficient (Wildman–Crippen LogP) is 1.33. The van der Waals surface area contributed by atoms with Gasteiger partial charge in [-0.15, -0.1) is 0 Å². The second kappa shape index (κ2) is 4.52. The smallest absolute Gasteiger partial charge is 0.289 e. The van der Waals surface area contributed by atoms with Gasteiger partial charge in [0.15, 0.2) is 0 Å². The highest BCUT2D eigenvalue weighted by molar-refractivity contribution is 5.32. The summed E-state index contributed by atoms with van der Waals surface area (Å²) in [5.74, 6) is -2.67. The van der Waals surface area contributed by atoms with E-state index in [1.54, 1.807) is 0 Å². The average molecular weight is 270 g/mol. The van der Waals surface area contributed by atoms with E-state index >= 15 is 0 Å². The van der Waals surface area contributed by atoms with Gasteiger partial charge in [-0.1, -0.05) is 0 Å². The van der Waals surface area contributed by atoms with Crippen LogP contribution in [0.3, 0.4) is 0 Å². The van der Waals surface area contributed by atoms with Crippen LogP contribution in [0.1, 0.15) is 29.8 Å². The zero-order valence-corrected chi connectivity index (χ0v) is 11.2. The normalized spacial score (nSPS) is 26.6. The van der Waals surface area contributed by atoms with Crippen LogP contribution in [-0.2, 0) is 25.4 Å². The van der Waals surface area contributed by atoms with Gasteiger partial charge in [0.1, 0.15) is 5.69 Å². The lowest BCUT2D eigenvalue weighted by Crippen LogP contribution is -2.28. The summed E-state index contributed by atoms with van der Waals surface area (Å²) in [7, 11) is 1.96. The van der Waals surface area contributed by atoms with Gasteiger partial charge in [0.2, 0.25) is 0 Å². The average Bonchev–Trinajstić information content (AvgIpc) is 2.65. The molecule has 19 heavy (non-hydrogen) atoms. The van der Waals surface area contributed by atoms with Crippen molar-refractivity contribution in [2.75, 3.05) is 20.1 Å². The fourth-order valence-electron chi connectivity index (χ4n) is 3.14. The third-order valence-electron chi connectivity index (χ3n) is 4.27. The zero-order chi connectivity index (χ0) is 13.6. The maximum absolute atomic E-state index is 14.4. The topological polar surface area (TPSA) is 47.1 Å². The van der Waals surface area contributed by atoms with Gasteiger partial charge >= 0.3 is 0 Å². The molecule has 1 aromatic rings. The first-order chi connectivity index (χ1) is 9.01. The van der Waals surface area contributed by atoms with Crippen molar-refractivity contribution in [3.05, 3.63) is 17.0 Å². The minimum Gasteiger partial charge on any atom is -0.330 e. The molecule has 3 rings (SSSR count). The number of rotatable bonds is 1. The van der Waals surface area contributed by atoms with Crippen molar-refractivity contribution in [1.82, 2.24) is 14.7 Å². The van der Waals surface area contributed by atoms with Crippen LogP contribution < -0.4 is 5.73 Å². The molecule has 0 saturated carbocycles. The Morgan fingerprint density at radius 1 is 1.47 bits per heavy atom. The SMILES string of the molecule is CN1CCc2nn3c(c2C1)C(F)(F)CCC(CN)C3. The summed E-state index contributed by atoms with van der Waals surface area (Å²) in [5, 5.41) is 4.43. The third-order valence-corrected chi connectivity index (χ3v) is 4.27. The first kappa shape index (κ1) is 13.0. The molecule has 0 spiro atoms. The maximum atomic E-state index is 14.4. The van der Waals surface area contributed by atoms with Crippen LogP contribution in [0.5, 0.6) is 0 Å². The van der Waals surface area contributed by atoms with Crippen molar-refractivity contribution < 1.29 is 8.78 Å². The Labute approximate surface area is 111 Å². The summed E-state index contributed by atoms with van der Waals surface area (Å²) < 4.78 is 30.3. The van der Waals surface area contributed by atoms with Crippen molar-refractivity contribution >= 4 is 0 Å². The Kier molecular flexibility index (Phi) is 3.09. The number of fused-ring (bicyclic) bond motifs is 3. The first-order valence-corrected chi connectivity index (χ1v) is 6.86. The van der Waals surface area contributed by atoms with Crippen molar-refractivity contribution in [3.63, 3.8) is 0 Å². The number of alkyl halides is 2. The van der Waals surface area contributed by atoms with E-state index in [0.29, 0.717) is 26.1 Å². The number of likely N-dealkylation sites (N-methyl/N-ethyl adjacent to an activating group) is 1. The summed E-state index contributed by atoms with van der Waals surface area (Å²) in [4.78, 5) is 2.08. The monoisotopic (exact) mass is 270 g/mol. The quantitative estimate of drug-likeness (QED) is 0.837. The Morgan fingerprint density at radius 3 is 3.00 bits per heavy atom. The van der Waals surface area contributed by atoms with E-state index in [1.807, 2.05) is 7.05 Å². The lowest BCUT2D eigenvalue weighted by Gasteiger charge is -2.24. The van der Waals surface area contributed by atoms with E-state index in [9.17, 15) is 8.78 Å². The Bertz CT molecular complexity index is 483. The van der Waals surface area contributed by atoms with Crippen LogP contribution in [0.15, 0.2) is 0 Å². The molecule has 0 radical (unpaired) electrons. The molecule has 2 aliphatic rings. The summed E-state index contributed by atoms with van der Waals surface area (Å²) in [6.07, 6.45) is 1.11. The van der Waals surface area contributed by atoms with Crippen LogP contribution in [0, 0.1) is 5.92 Å². The predicted molar refractivity (Wildman–Crippen MR) is 67.9 cm³/mol. The molecule has 0 aliphatic carbocycles. The highest BCUT2D eigenvalue weighted by Crippen LogP contribution is 2.41. The molecule has 1 atom stereocenters. The van der Waals surface area contributed by atoms with Crippen molar-refractivity contribution in [1.29, 1.82) is 0 Å². The molecule has 1 aromatic heterocycles. The van der Waals surface area contributed by atoms with Gasteiger partial charge < -0.3 is 10.6 Å². The Morgan fingerprint density at radius 2 is 2.26 bits per heavy atom. The van der Waals surface area contributed by atoms with Crippen LogP contribution in [0.4, 0.5) is 8.78 Å². The van der Waals surface area contributed by atoms with Crippen LogP contribution in [0.25, 0.3) is 0 Å². The molecule has 1 unspecified atom stereocenters.